The molecule has 0 fully saturated rings. The fraction of sp³-hybridized carbons (Fsp3) is 0.250. The van der Waals surface area contributed by atoms with Gasteiger partial charge in [0.25, 0.3) is 0 Å². The normalized spacial score (nSPS) is 12.7. The molecule has 1 unspecified atom stereocenters. The number of aromatic carboxylic acids is 1. The zero-order chi connectivity index (χ0) is 15.1. The lowest BCUT2D eigenvalue weighted by molar-refractivity contribution is 0.0698. The molecule has 1 N–H and O–H groups in total. The number of hydrogen-bond donors (Lipinski definition) is 1. The molecule has 21 heavy (non-hydrogen) atoms. The smallest absolute Gasteiger partial charge is 0.337 e. The maximum atomic E-state index is 11.5. The Morgan fingerprint density at radius 1 is 1.29 bits per heavy atom. The fourth-order valence-electron chi connectivity index (χ4n) is 2.72. The molecule has 3 rings (SSSR count). The van der Waals surface area contributed by atoms with Gasteiger partial charge in [0.05, 0.1) is 22.6 Å². The van der Waals surface area contributed by atoms with Crippen LogP contribution in [0.4, 0.5) is 0 Å². The van der Waals surface area contributed by atoms with Crippen LogP contribution in [-0.2, 0) is 0 Å². The van der Waals surface area contributed by atoms with Gasteiger partial charge in [-0.05, 0) is 45.0 Å². The molecule has 0 saturated heterocycles. The van der Waals surface area contributed by atoms with E-state index in [1.165, 1.54) is 9.75 Å². The predicted octanol–water partition coefficient (Wildman–Crippen LogP) is 4.02. The highest BCUT2D eigenvalue weighted by atomic mass is 32.1. The third-order valence-electron chi connectivity index (χ3n) is 3.68. The van der Waals surface area contributed by atoms with E-state index in [1.54, 1.807) is 23.5 Å². The molecule has 0 aliphatic heterocycles. The summed E-state index contributed by atoms with van der Waals surface area (Å²) in [5.74, 6) is -0.0893. The van der Waals surface area contributed by atoms with E-state index in [2.05, 4.69) is 31.0 Å². The first-order valence-corrected chi connectivity index (χ1v) is 7.58. The van der Waals surface area contributed by atoms with E-state index >= 15 is 0 Å². The molecule has 0 radical (unpaired) electrons. The molecular weight excluding hydrogens is 284 g/mol. The zero-order valence-corrected chi connectivity index (χ0v) is 12.9. The van der Waals surface area contributed by atoms with Gasteiger partial charge >= 0.3 is 5.97 Å². The minimum atomic E-state index is -0.920. The van der Waals surface area contributed by atoms with E-state index in [-0.39, 0.29) is 6.04 Å². The number of carboxylic acids is 1. The van der Waals surface area contributed by atoms with Gasteiger partial charge in [-0.3, -0.25) is 0 Å². The fourth-order valence-corrected chi connectivity index (χ4v) is 3.64. The average molecular weight is 300 g/mol. The highest BCUT2D eigenvalue weighted by Crippen LogP contribution is 2.31. The topological polar surface area (TPSA) is 55.1 Å². The van der Waals surface area contributed by atoms with Crippen LogP contribution < -0.4 is 0 Å². The summed E-state index contributed by atoms with van der Waals surface area (Å²) in [6.45, 7) is 6.07. The molecule has 3 aromatic rings. The summed E-state index contributed by atoms with van der Waals surface area (Å²) in [6.07, 6.45) is 0. The maximum absolute atomic E-state index is 11.5. The van der Waals surface area contributed by atoms with Crippen molar-refractivity contribution < 1.29 is 9.90 Å². The Labute approximate surface area is 126 Å². The number of aromatic nitrogens is 2. The minimum Gasteiger partial charge on any atom is -0.478 e. The molecule has 0 amide bonds. The third-order valence-corrected chi connectivity index (χ3v) is 4.85. The van der Waals surface area contributed by atoms with Crippen LogP contribution in [0.5, 0.6) is 0 Å². The number of nitrogens with zero attached hydrogens (tertiary/aromatic N) is 2. The van der Waals surface area contributed by atoms with Crippen molar-refractivity contribution in [1.29, 1.82) is 0 Å². The van der Waals surface area contributed by atoms with E-state index in [0.29, 0.717) is 11.1 Å². The van der Waals surface area contributed by atoms with Crippen LogP contribution in [0.1, 0.15) is 38.9 Å². The van der Waals surface area contributed by atoms with Gasteiger partial charge in [0.1, 0.15) is 5.82 Å². The Morgan fingerprint density at radius 2 is 2.05 bits per heavy atom. The summed E-state index contributed by atoms with van der Waals surface area (Å²) in [7, 11) is 0. The van der Waals surface area contributed by atoms with Gasteiger partial charge in [-0.15, -0.1) is 11.3 Å². The lowest BCUT2D eigenvalue weighted by atomic mass is 10.1. The van der Waals surface area contributed by atoms with Crippen molar-refractivity contribution in [1.82, 2.24) is 9.55 Å². The van der Waals surface area contributed by atoms with Crippen molar-refractivity contribution in [2.24, 2.45) is 0 Å². The molecule has 0 aliphatic rings. The van der Waals surface area contributed by atoms with Crippen molar-refractivity contribution in [2.75, 3.05) is 0 Å². The van der Waals surface area contributed by atoms with Gasteiger partial charge in [0.2, 0.25) is 0 Å². The van der Waals surface area contributed by atoms with Crippen molar-refractivity contribution in [3.05, 3.63) is 51.5 Å². The van der Waals surface area contributed by atoms with Crippen molar-refractivity contribution >= 4 is 28.3 Å². The van der Waals surface area contributed by atoms with E-state index in [9.17, 15) is 9.90 Å². The molecule has 0 bridgehead atoms. The Morgan fingerprint density at radius 3 is 2.67 bits per heavy atom. The summed E-state index contributed by atoms with van der Waals surface area (Å²) in [4.78, 5) is 18.5. The van der Waals surface area contributed by atoms with E-state index in [0.717, 1.165) is 11.3 Å². The third kappa shape index (κ3) is 2.23. The first kappa shape index (κ1) is 13.8. The number of hydrogen-bond acceptors (Lipinski definition) is 3. The summed E-state index contributed by atoms with van der Waals surface area (Å²) < 4.78 is 2.02. The second-order valence-corrected chi connectivity index (χ2v) is 6.45. The highest BCUT2D eigenvalue weighted by molar-refractivity contribution is 7.12. The van der Waals surface area contributed by atoms with Crippen LogP contribution in [0.3, 0.4) is 0 Å². The SMILES string of the molecule is Cc1ccc(C(C)n2c(C)nc3cccc(C(=O)O)c32)s1. The van der Waals surface area contributed by atoms with Crippen LogP contribution in [0.2, 0.25) is 0 Å². The molecule has 2 aromatic heterocycles. The number of rotatable bonds is 3. The zero-order valence-electron chi connectivity index (χ0n) is 12.1. The lowest BCUT2D eigenvalue weighted by Gasteiger charge is -2.16. The van der Waals surface area contributed by atoms with Gasteiger partial charge < -0.3 is 9.67 Å². The van der Waals surface area contributed by atoms with Crippen LogP contribution in [0.15, 0.2) is 30.3 Å². The molecule has 2 heterocycles. The van der Waals surface area contributed by atoms with Crippen LogP contribution in [0.25, 0.3) is 11.0 Å². The van der Waals surface area contributed by atoms with Gasteiger partial charge in [0.15, 0.2) is 0 Å². The second kappa shape index (κ2) is 5.00. The number of benzene rings is 1. The number of imidazole rings is 1. The van der Waals surface area contributed by atoms with Gasteiger partial charge in [0, 0.05) is 9.75 Å². The largest absolute Gasteiger partial charge is 0.478 e. The Balaban J connectivity index is 2.26. The molecular formula is C16H16N2O2S. The highest BCUT2D eigenvalue weighted by Gasteiger charge is 2.20. The Kier molecular flexibility index (Phi) is 3.29. The lowest BCUT2D eigenvalue weighted by Crippen LogP contribution is -2.10. The number of carboxylic acid groups (broad SMARTS) is 1. The number of para-hydroxylation sites is 1. The molecule has 0 spiro atoms. The van der Waals surface area contributed by atoms with Crippen molar-refractivity contribution in [3.63, 3.8) is 0 Å². The van der Waals surface area contributed by atoms with E-state index < -0.39 is 5.97 Å². The molecule has 4 nitrogen and oxygen atoms in total. The van der Waals surface area contributed by atoms with Gasteiger partial charge in [-0.2, -0.15) is 0 Å². The molecule has 5 heteroatoms. The molecule has 1 aromatic carbocycles. The predicted molar refractivity (Wildman–Crippen MR) is 84.3 cm³/mol. The number of fused-ring (bicyclic) bond motifs is 1. The average Bonchev–Trinajstić information content (AvgIpc) is 3.00. The van der Waals surface area contributed by atoms with Gasteiger partial charge in [-0.1, -0.05) is 6.07 Å². The van der Waals surface area contributed by atoms with E-state index in [4.69, 9.17) is 0 Å². The first-order valence-electron chi connectivity index (χ1n) is 6.76. The Bertz CT molecular complexity index is 832. The molecule has 1 atom stereocenters. The number of carbonyl (C=O) groups is 1. The monoisotopic (exact) mass is 300 g/mol. The molecule has 0 saturated carbocycles. The van der Waals surface area contributed by atoms with Gasteiger partial charge in [-0.25, -0.2) is 9.78 Å². The Hall–Kier alpha value is -2.14. The van der Waals surface area contributed by atoms with E-state index in [1.807, 2.05) is 17.6 Å². The quantitative estimate of drug-likeness (QED) is 0.794. The second-order valence-electron chi connectivity index (χ2n) is 5.13. The van der Waals surface area contributed by atoms with Crippen LogP contribution >= 0.6 is 11.3 Å². The minimum absolute atomic E-state index is 0.0641. The molecule has 108 valence electrons. The van der Waals surface area contributed by atoms with Crippen LogP contribution in [0, 0.1) is 13.8 Å². The first-order chi connectivity index (χ1) is 9.99. The number of aryl methyl sites for hydroxylation is 2. The standard InChI is InChI=1S/C16H16N2O2S/c1-9-7-8-14(21-9)10(2)18-11(3)17-13-6-4-5-12(15(13)18)16(19)20/h4-8,10H,1-3H3,(H,19,20). The van der Waals surface area contributed by atoms with Crippen LogP contribution in [-0.4, -0.2) is 20.6 Å². The summed E-state index contributed by atoms with van der Waals surface area (Å²) in [5, 5.41) is 9.43. The number of thiophene rings is 1. The summed E-state index contributed by atoms with van der Waals surface area (Å²) in [6, 6.07) is 9.48. The molecule has 0 aliphatic carbocycles. The maximum Gasteiger partial charge on any atom is 0.337 e. The van der Waals surface area contributed by atoms with Crippen molar-refractivity contribution in [2.45, 2.75) is 26.8 Å². The summed E-state index contributed by atoms with van der Waals surface area (Å²) >= 11 is 1.73. The summed E-state index contributed by atoms with van der Waals surface area (Å²) in [5.41, 5.74) is 1.72. The van der Waals surface area contributed by atoms with Crippen molar-refractivity contribution in [3.8, 4) is 0 Å².